The Morgan fingerprint density at radius 1 is 1.09 bits per heavy atom. The first-order valence-electron chi connectivity index (χ1n) is 11.4. The lowest BCUT2D eigenvalue weighted by Gasteiger charge is -2.26. The molecule has 0 aliphatic carbocycles. The minimum atomic E-state index is 0.519. The van der Waals surface area contributed by atoms with E-state index in [2.05, 4.69) is 45.5 Å². The number of nitrogens with zero attached hydrogens (tertiary/aromatic N) is 3. The standard InChI is InChI=1S/C27H27N5S/c1-18-11-22(6-7-24(18)29)31-27-21(14-28)15-30-16-23(27)26-13-20-12-19(5-8-25(20)33-26)17-32-9-3-2-4-10-32/h5-8,11-13,15-16H,2-4,9-10,17,29H2,1H3,(H,30,31). The van der Waals surface area contributed by atoms with Gasteiger partial charge in [0.25, 0.3) is 0 Å². The van der Waals surface area contributed by atoms with Gasteiger partial charge in [-0.15, -0.1) is 11.3 Å². The van der Waals surface area contributed by atoms with E-state index >= 15 is 0 Å². The smallest absolute Gasteiger partial charge is 0.103 e. The lowest BCUT2D eigenvalue weighted by atomic mass is 10.1. The van der Waals surface area contributed by atoms with Crippen LogP contribution in [0.2, 0.25) is 0 Å². The van der Waals surface area contributed by atoms with Crippen LogP contribution in [0, 0.1) is 18.3 Å². The number of fused-ring (bicyclic) bond motifs is 1. The van der Waals surface area contributed by atoms with E-state index in [0.717, 1.165) is 39.6 Å². The number of rotatable bonds is 5. The molecule has 0 spiro atoms. The number of nitrogen functional groups attached to an aromatic ring is 1. The van der Waals surface area contributed by atoms with E-state index in [1.165, 1.54) is 48.0 Å². The summed E-state index contributed by atoms with van der Waals surface area (Å²) in [5.41, 5.74) is 12.2. The molecule has 1 aliphatic heterocycles. The number of nitrogens with one attached hydrogen (secondary N) is 1. The first-order valence-corrected chi connectivity index (χ1v) is 12.2. The van der Waals surface area contributed by atoms with Gasteiger partial charge in [-0.3, -0.25) is 9.88 Å². The summed E-state index contributed by atoms with van der Waals surface area (Å²) in [6, 6.07) is 17.1. The molecule has 0 bridgehead atoms. The molecule has 0 amide bonds. The molecule has 1 saturated heterocycles. The second-order valence-electron chi connectivity index (χ2n) is 8.74. The zero-order chi connectivity index (χ0) is 22.8. The Morgan fingerprint density at radius 3 is 2.73 bits per heavy atom. The van der Waals surface area contributed by atoms with Gasteiger partial charge >= 0.3 is 0 Å². The van der Waals surface area contributed by atoms with Crippen molar-refractivity contribution in [1.82, 2.24) is 9.88 Å². The monoisotopic (exact) mass is 453 g/mol. The zero-order valence-corrected chi connectivity index (χ0v) is 19.6. The van der Waals surface area contributed by atoms with E-state index < -0.39 is 0 Å². The first kappa shape index (κ1) is 21.4. The van der Waals surface area contributed by atoms with Crippen LogP contribution in [-0.2, 0) is 6.54 Å². The molecule has 5 nitrogen and oxygen atoms in total. The highest BCUT2D eigenvalue weighted by atomic mass is 32.1. The number of nitriles is 1. The second kappa shape index (κ2) is 9.22. The molecule has 1 fully saturated rings. The Kier molecular flexibility index (Phi) is 5.99. The molecule has 0 unspecified atom stereocenters. The molecule has 0 radical (unpaired) electrons. The summed E-state index contributed by atoms with van der Waals surface area (Å²) in [5, 5.41) is 14.4. The fourth-order valence-corrected chi connectivity index (χ4v) is 5.52. The molecule has 166 valence electrons. The molecule has 3 N–H and O–H groups in total. The van der Waals surface area contributed by atoms with Crippen LogP contribution in [0.4, 0.5) is 17.1 Å². The van der Waals surface area contributed by atoms with Gasteiger partial charge in [0.2, 0.25) is 0 Å². The van der Waals surface area contributed by atoms with Crippen molar-refractivity contribution < 1.29 is 0 Å². The number of hydrogen-bond acceptors (Lipinski definition) is 6. The summed E-state index contributed by atoms with van der Waals surface area (Å²) < 4.78 is 1.24. The van der Waals surface area contributed by atoms with Gasteiger partial charge in [-0.1, -0.05) is 12.5 Å². The third-order valence-electron chi connectivity index (χ3n) is 6.31. The quantitative estimate of drug-likeness (QED) is 0.339. The summed E-state index contributed by atoms with van der Waals surface area (Å²) in [6.45, 7) is 5.38. The highest BCUT2D eigenvalue weighted by Crippen LogP contribution is 2.39. The molecular weight excluding hydrogens is 426 g/mol. The molecule has 0 saturated carbocycles. The topological polar surface area (TPSA) is 78.0 Å². The number of piperidine rings is 1. The van der Waals surface area contributed by atoms with Gasteiger partial charge in [0.15, 0.2) is 0 Å². The molecular formula is C27H27N5S. The molecule has 33 heavy (non-hydrogen) atoms. The number of aryl methyl sites for hydroxylation is 1. The van der Waals surface area contributed by atoms with Crippen molar-refractivity contribution in [3.8, 4) is 16.5 Å². The molecule has 2 aromatic carbocycles. The fourth-order valence-electron chi connectivity index (χ4n) is 4.46. The Morgan fingerprint density at radius 2 is 1.94 bits per heavy atom. The van der Waals surface area contributed by atoms with E-state index in [1.807, 2.05) is 31.3 Å². The van der Waals surface area contributed by atoms with E-state index in [-0.39, 0.29) is 0 Å². The fraction of sp³-hybridized carbons (Fsp3) is 0.259. The van der Waals surface area contributed by atoms with Gasteiger partial charge in [0, 0.05) is 45.5 Å². The van der Waals surface area contributed by atoms with Crippen molar-refractivity contribution in [2.75, 3.05) is 24.1 Å². The summed E-state index contributed by atoms with van der Waals surface area (Å²) in [7, 11) is 0. The van der Waals surface area contributed by atoms with Crippen molar-refractivity contribution in [3.63, 3.8) is 0 Å². The second-order valence-corrected chi connectivity index (χ2v) is 9.82. The van der Waals surface area contributed by atoms with Crippen LogP contribution < -0.4 is 11.1 Å². The molecule has 0 atom stereocenters. The van der Waals surface area contributed by atoms with Crippen LogP contribution in [0.5, 0.6) is 0 Å². The maximum Gasteiger partial charge on any atom is 0.103 e. The number of aromatic nitrogens is 1. The van der Waals surface area contributed by atoms with E-state index in [9.17, 15) is 5.26 Å². The number of nitrogens with two attached hydrogens (primary N) is 1. The van der Waals surface area contributed by atoms with Gasteiger partial charge in [-0.25, -0.2) is 0 Å². The van der Waals surface area contributed by atoms with Crippen LogP contribution in [0.1, 0.15) is 36.0 Å². The van der Waals surface area contributed by atoms with Crippen LogP contribution in [-0.4, -0.2) is 23.0 Å². The Bertz CT molecular complexity index is 1340. The lowest BCUT2D eigenvalue weighted by Crippen LogP contribution is -2.28. The predicted octanol–water partition coefficient (Wildman–Crippen LogP) is 6.46. The maximum atomic E-state index is 9.75. The minimum Gasteiger partial charge on any atom is -0.399 e. The molecule has 4 aromatic rings. The number of anilines is 3. The van der Waals surface area contributed by atoms with Crippen LogP contribution in [0.25, 0.3) is 20.5 Å². The molecule has 5 rings (SSSR count). The zero-order valence-electron chi connectivity index (χ0n) is 18.8. The maximum absolute atomic E-state index is 9.75. The van der Waals surface area contributed by atoms with Gasteiger partial charge in [-0.2, -0.15) is 5.26 Å². The van der Waals surface area contributed by atoms with E-state index in [0.29, 0.717) is 5.56 Å². The highest BCUT2D eigenvalue weighted by molar-refractivity contribution is 7.22. The van der Waals surface area contributed by atoms with E-state index in [1.54, 1.807) is 17.5 Å². The minimum absolute atomic E-state index is 0.519. The van der Waals surface area contributed by atoms with Gasteiger partial charge < -0.3 is 11.1 Å². The van der Waals surface area contributed by atoms with Crippen LogP contribution in [0.15, 0.2) is 54.9 Å². The van der Waals surface area contributed by atoms with Crippen molar-refractivity contribution in [2.45, 2.75) is 32.7 Å². The summed E-state index contributed by atoms with van der Waals surface area (Å²) in [5.74, 6) is 0. The highest BCUT2D eigenvalue weighted by Gasteiger charge is 2.16. The lowest BCUT2D eigenvalue weighted by molar-refractivity contribution is 0.221. The predicted molar refractivity (Wildman–Crippen MR) is 138 cm³/mol. The molecule has 3 heterocycles. The van der Waals surface area contributed by atoms with Gasteiger partial charge in [0.05, 0.1) is 11.3 Å². The van der Waals surface area contributed by atoms with Crippen molar-refractivity contribution in [2.24, 2.45) is 0 Å². The first-order chi connectivity index (χ1) is 16.1. The Balaban J connectivity index is 1.49. The Hall–Kier alpha value is -3.40. The van der Waals surface area contributed by atoms with Crippen LogP contribution in [0.3, 0.4) is 0 Å². The number of likely N-dealkylation sites (tertiary alicyclic amines) is 1. The van der Waals surface area contributed by atoms with Gasteiger partial charge in [0.1, 0.15) is 6.07 Å². The summed E-state index contributed by atoms with van der Waals surface area (Å²) >= 11 is 1.73. The summed E-state index contributed by atoms with van der Waals surface area (Å²) in [4.78, 5) is 8.00. The van der Waals surface area contributed by atoms with Crippen molar-refractivity contribution in [1.29, 1.82) is 5.26 Å². The normalized spacial score (nSPS) is 14.3. The molecule has 2 aromatic heterocycles. The molecule has 1 aliphatic rings. The number of thiophene rings is 1. The SMILES string of the molecule is Cc1cc(Nc2c(C#N)cncc2-c2cc3cc(CN4CCCCC4)ccc3s2)ccc1N. The number of benzene rings is 2. The van der Waals surface area contributed by atoms with E-state index in [4.69, 9.17) is 5.73 Å². The van der Waals surface area contributed by atoms with Crippen LogP contribution >= 0.6 is 11.3 Å². The number of pyridine rings is 1. The average molecular weight is 454 g/mol. The number of hydrogen-bond donors (Lipinski definition) is 2. The largest absolute Gasteiger partial charge is 0.399 e. The third-order valence-corrected chi connectivity index (χ3v) is 7.46. The summed E-state index contributed by atoms with van der Waals surface area (Å²) in [6.07, 6.45) is 7.41. The van der Waals surface area contributed by atoms with Gasteiger partial charge in [-0.05, 0) is 85.8 Å². The third kappa shape index (κ3) is 4.56. The van der Waals surface area contributed by atoms with Crippen molar-refractivity contribution >= 4 is 38.5 Å². The molecule has 6 heteroatoms. The average Bonchev–Trinajstić information content (AvgIpc) is 3.25. The Labute approximate surface area is 198 Å². The van der Waals surface area contributed by atoms with Crippen molar-refractivity contribution in [3.05, 3.63) is 71.5 Å².